The first-order valence-corrected chi connectivity index (χ1v) is 5.75. The summed E-state index contributed by atoms with van der Waals surface area (Å²) in [5.41, 5.74) is 0.858. The zero-order valence-electron chi connectivity index (χ0n) is 8.22. The minimum atomic E-state index is -2.55. The van der Waals surface area contributed by atoms with Gasteiger partial charge < -0.3 is 4.90 Å². The van der Waals surface area contributed by atoms with Gasteiger partial charge in [-0.25, -0.2) is 8.78 Å². The third kappa shape index (κ3) is 2.48. The molecular weight excluding hydrogens is 264 g/mol. The van der Waals surface area contributed by atoms with Gasteiger partial charge in [0.25, 0.3) is 5.92 Å². The SMILES string of the molecule is FC1(F)CCCN(c2ccccc2Br)C1. The Hall–Kier alpha value is -0.640. The van der Waals surface area contributed by atoms with Crippen LogP contribution in [0, 0.1) is 0 Å². The largest absolute Gasteiger partial charge is 0.365 e. The lowest BCUT2D eigenvalue weighted by Crippen LogP contribution is -2.42. The molecule has 1 aliphatic rings. The third-order valence-electron chi connectivity index (χ3n) is 2.59. The number of anilines is 1. The number of benzene rings is 1. The molecule has 0 N–H and O–H groups in total. The monoisotopic (exact) mass is 275 g/mol. The van der Waals surface area contributed by atoms with Crippen LogP contribution in [-0.2, 0) is 0 Å². The number of piperidine rings is 1. The molecule has 0 amide bonds. The van der Waals surface area contributed by atoms with Crippen LogP contribution in [0.1, 0.15) is 12.8 Å². The maximum Gasteiger partial charge on any atom is 0.265 e. The van der Waals surface area contributed by atoms with Crippen LogP contribution < -0.4 is 4.90 Å². The Bertz CT molecular complexity index is 354. The van der Waals surface area contributed by atoms with Crippen molar-refractivity contribution in [2.24, 2.45) is 0 Å². The maximum atomic E-state index is 13.2. The summed E-state index contributed by atoms with van der Waals surface area (Å²) >= 11 is 3.38. The van der Waals surface area contributed by atoms with Crippen molar-refractivity contribution in [2.45, 2.75) is 18.8 Å². The molecule has 0 aromatic heterocycles. The minimum absolute atomic E-state index is 0.00789. The first-order chi connectivity index (χ1) is 7.08. The molecule has 1 fully saturated rings. The molecule has 0 radical (unpaired) electrons. The summed E-state index contributed by atoms with van der Waals surface area (Å²) in [6, 6.07) is 7.50. The zero-order valence-corrected chi connectivity index (χ0v) is 9.80. The summed E-state index contributed by atoms with van der Waals surface area (Å²) in [5, 5.41) is 0. The van der Waals surface area contributed by atoms with E-state index in [-0.39, 0.29) is 13.0 Å². The second-order valence-corrected chi connectivity index (χ2v) is 4.69. The Balaban J connectivity index is 2.21. The molecule has 1 heterocycles. The van der Waals surface area contributed by atoms with Crippen LogP contribution in [0.25, 0.3) is 0 Å². The Morgan fingerprint density at radius 1 is 1.27 bits per heavy atom. The summed E-state index contributed by atoms with van der Waals surface area (Å²) in [6.07, 6.45) is 0.558. The second-order valence-electron chi connectivity index (χ2n) is 3.83. The van der Waals surface area contributed by atoms with E-state index in [0.29, 0.717) is 13.0 Å². The van der Waals surface area contributed by atoms with E-state index in [0.717, 1.165) is 10.2 Å². The minimum Gasteiger partial charge on any atom is -0.365 e. The van der Waals surface area contributed by atoms with E-state index in [4.69, 9.17) is 0 Å². The van der Waals surface area contributed by atoms with Gasteiger partial charge in [0.05, 0.1) is 12.2 Å². The van der Waals surface area contributed by atoms with E-state index >= 15 is 0 Å². The summed E-state index contributed by atoms with van der Waals surface area (Å²) < 4.78 is 27.3. The van der Waals surface area contributed by atoms with Crippen molar-refractivity contribution in [3.8, 4) is 0 Å². The number of rotatable bonds is 1. The highest BCUT2D eigenvalue weighted by Crippen LogP contribution is 2.33. The van der Waals surface area contributed by atoms with Crippen molar-refractivity contribution >= 4 is 21.6 Å². The summed E-state index contributed by atoms with van der Waals surface area (Å²) in [4.78, 5) is 1.74. The molecule has 0 aliphatic carbocycles. The lowest BCUT2D eigenvalue weighted by molar-refractivity contribution is -0.0116. The zero-order chi connectivity index (χ0) is 10.9. The Kier molecular flexibility index (Phi) is 2.96. The molecular formula is C11H12BrF2N. The van der Waals surface area contributed by atoms with Crippen molar-refractivity contribution in [3.05, 3.63) is 28.7 Å². The molecule has 1 saturated heterocycles. The first-order valence-electron chi connectivity index (χ1n) is 4.96. The fourth-order valence-corrected chi connectivity index (χ4v) is 2.42. The normalized spacial score (nSPS) is 20.3. The summed E-state index contributed by atoms with van der Waals surface area (Å²) in [6.45, 7) is 0.536. The molecule has 4 heteroatoms. The van der Waals surface area contributed by atoms with Crippen molar-refractivity contribution in [1.29, 1.82) is 0 Å². The van der Waals surface area contributed by atoms with Gasteiger partial charge in [0, 0.05) is 17.4 Å². The van der Waals surface area contributed by atoms with E-state index in [1.807, 2.05) is 24.3 Å². The van der Waals surface area contributed by atoms with Gasteiger partial charge in [-0.1, -0.05) is 12.1 Å². The standard InChI is InChI=1S/C11H12BrF2N/c12-9-4-1-2-5-10(9)15-7-3-6-11(13,14)8-15/h1-2,4-5H,3,6-8H2. The van der Waals surface area contributed by atoms with E-state index in [9.17, 15) is 8.78 Å². The number of para-hydroxylation sites is 1. The smallest absolute Gasteiger partial charge is 0.265 e. The maximum absolute atomic E-state index is 13.2. The molecule has 0 spiro atoms. The van der Waals surface area contributed by atoms with Crippen LogP contribution in [0.15, 0.2) is 28.7 Å². The highest BCUT2D eigenvalue weighted by molar-refractivity contribution is 9.10. The van der Waals surface area contributed by atoms with E-state index in [2.05, 4.69) is 15.9 Å². The summed E-state index contributed by atoms with van der Waals surface area (Å²) in [7, 11) is 0. The molecule has 1 aliphatic heterocycles. The number of hydrogen-bond donors (Lipinski definition) is 0. The first kappa shape index (κ1) is 10.9. The van der Waals surface area contributed by atoms with Gasteiger partial charge in [-0.15, -0.1) is 0 Å². The van der Waals surface area contributed by atoms with Crippen molar-refractivity contribution < 1.29 is 8.78 Å². The lowest BCUT2D eigenvalue weighted by atomic mass is 10.1. The molecule has 15 heavy (non-hydrogen) atoms. The van der Waals surface area contributed by atoms with Gasteiger partial charge in [-0.3, -0.25) is 0 Å². The predicted molar refractivity (Wildman–Crippen MR) is 60.5 cm³/mol. The molecule has 82 valence electrons. The fraction of sp³-hybridized carbons (Fsp3) is 0.455. The van der Waals surface area contributed by atoms with E-state index < -0.39 is 5.92 Å². The third-order valence-corrected chi connectivity index (χ3v) is 3.26. The van der Waals surface area contributed by atoms with Crippen LogP contribution in [0.3, 0.4) is 0 Å². The fourth-order valence-electron chi connectivity index (χ4n) is 1.88. The molecule has 0 atom stereocenters. The average molecular weight is 276 g/mol. The summed E-state index contributed by atoms with van der Waals surface area (Å²) in [5.74, 6) is -2.55. The number of hydrogen-bond acceptors (Lipinski definition) is 1. The highest BCUT2D eigenvalue weighted by atomic mass is 79.9. The Morgan fingerprint density at radius 2 is 2.00 bits per heavy atom. The quantitative estimate of drug-likeness (QED) is 0.756. The van der Waals surface area contributed by atoms with Gasteiger partial charge in [-0.2, -0.15) is 0 Å². The van der Waals surface area contributed by atoms with Gasteiger partial charge in [-0.05, 0) is 34.5 Å². The van der Waals surface area contributed by atoms with Crippen molar-refractivity contribution in [1.82, 2.24) is 0 Å². The molecule has 0 unspecified atom stereocenters. The molecule has 1 nitrogen and oxygen atoms in total. The molecule has 0 bridgehead atoms. The van der Waals surface area contributed by atoms with Gasteiger partial charge >= 0.3 is 0 Å². The highest BCUT2D eigenvalue weighted by Gasteiger charge is 2.35. The second kappa shape index (κ2) is 4.08. The number of alkyl halides is 2. The van der Waals surface area contributed by atoms with Crippen LogP contribution >= 0.6 is 15.9 Å². The van der Waals surface area contributed by atoms with Crippen molar-refractivity contribution in [2.75, 3.05) is 18.0 Å². The predicted octanol–water partition coefficient (Wildman–Crippen LogP) is 3.68. The van der Waals surface area contributed by atoms with Crippen LogP contribution in [-0.4, -0.2) is 19.0 Å². The Labute approximate surface area is 96.2 Å². The number of halogens is 3. The molecule has 1 aromatic rings. The van der Waals surface area contributed by atoms with Crippen LogP contribution in [0.5, 0.6) is 0 Å². The van der Waals surface area contributed by atoms with Gasteiger partial charge in [0.2, 0.25) is 0 Å². The van der Waals surface area contributed by atoms with Gasteiger partial charge in [0.1, 0.15) is 0 Å². The van der Waals surface area contributed by atoms with Crippen LogP contribution in [0.4, 0.5) is 14.5 Å². The molecule has 0 saturated carbocycles. The Morgan fingerprint density at radius 3 is 2.67 bits per heavy atom. The molecule has 1 aromatic carbocycles. The van der Waals surface area contributed by atoms with Gasteiger partial charge in [0.15, 0.2) is 0 Å². The number of nitrogens with zero attached hydrogens (tertiary/aromatic N) is 1. The average Bonchev–Trinajstić information content (AvgIpc) is 2.17. The topological polar surface area (TPSA) is 3.24 Å². The molecule has 2 rings (SSSR count). The van der Waals surface area contributed by atoms with Crippen LogP contribution in [0.2, 0.25) is 0 Å². The lowest BCUT2D eigenvalue weighted by Gasteiger charge is -2.34. The van der Waals surface area contributed by atoms with Crippen molar-refractivity contribution in [3.63, 3.8) is 0 Å². The van der Waals surface area contributed by atoms with E-state index in [1.54, 1.807) is 4.90 Å². The van der Waals surface area contributed by atoms with E-state index in [1.165, 1.54) is 0 Å².